The van der Waals surface area contributed by atoms with Crippen LogP contribution in [0, 0.1) is 0 Å². The number of nitrogens with zero attached hydrogens (tertiary/aromatic N) is 2. The SMILES string of the molecule is O=CN(c1ccc2ccccc2c1)c1ncccc1OCc1ccccc1. The van der Waals surface area contributed by atoms with Crippen molar-refractivity contribution >= 4 is 28.7 Å². The van der Waals surface area contributed by atoms with Crippen LogP contribution in [0.1, 0.15) is 5.56 Å². The van der Waals surface area contributed by atoms with Gasteiger partial charge >= 0.3 is 0 Å². The van der Waals surface area contributed by atoms with Crippen molar-refractivity contribution in [3.05, 3.63) is 96.7 Å². The molecule has 27 heavy (non-hydrogen) atoms. The largest absolute Gasteiger partial charge is 0.485 e. The van der Waals surface area contributed by atoms with Gasteiger partial charge in [0.05, 0.1) is 5.69 Å². The summed E-state index contributed by atoms with van der Waals surface area (Å²) in [5, 5.41) is 2.18. The lowest BCUT2D eigenvalue weighted by molar-refractivity contribution is -0.106. The number of fused-ring (bicyclic) bond motifs is 1. The molecule has 0 saturated carbocycles. The zero-order valence-electron chi connectivity index (χ0n) is 14.7. The predicted molar refractivity (Wildman–Crippen MR) is 107 cm³/mol. The van der Waals surface area contributed by atoms with Crippen LogP contribution in [0.15, 0.2) is 91.1 Å². The maximum absolute atomic E-state index is 11.9. The Morgan fingerprint density at radius 1 is 0.852 bits per heavy atom. The van der Waals surface area contributed by atoms with Crippen molar-refractivity contribution in [2.75, 3.05) is 4.90 Å². The lowest BCUT2D eigenvalue weighted by Gasteiger charge is -2.20. The van der Waals surface area contributed by atoms with Crippen molar-refractivity contribution in [1.82, 2.24) is 4.98 Å². The first-order chi connectivity index (χ1) is 13.3. The Balaban J connectivity index is 1.66. The van der Waals surface area contributed by atoms with E-state index in [1.165, 1.54) is 4.90 Å². The number of rotatable bonds is 6. The van der Waals surface area contributed by atoms with Gasteiger partial charge < -0.3 is 4.74 Å². The van der Waals surface area contributed by atoms with Crippen LogP contribution >= 0.6 is 0 Å². The molecule has 1 amide bonds. The van der Waals surface area contributed by atoms with E-state index in [1.807, 2.05) is 78.9 Å². The summed E-state index contributed by atoms with van der Waals surface area (Å²) >= 11 is 0. The number of amides is 1. The second-order valence-corrected chi connectivity index (χ2v) is 6.11. The van der Waals surface area contributed by atoms with Crippen LogP contribution in [-0.2, 0) is 11.4 Å². The second-order valence-electron chi connectivity index (χ2n) is 6.11. The number of hydrogen-bond acceptors (Lipinski definition) is 3. The van der Waals surface area contributed by atoms with Crippen molar-refractivity contribution in [1.29, 1.82) is 0 Å². The molecule has 132 valence electrons. The van der Waals surface area contributed by atoms with Crippen LogP contribution in [0.5, 0.6) is 5.75 Å². The molecular formula is C23H18N2O2. The van der Waals surface area contributed by atoms with Gasteiger partial charge in [0.1, 0.15) is 6.61 Å². The minimum atomic E-state index is 0.407. The molecule has 0 spiro atoms. The Bertz CT molecular complexity index is 1060. The first-order valence-electron chi connectivity index (χ1n) is 8.70. The van der Waals surface area contributed by atoms with Gasteiger partial charge in [-0.1, -0.05) is 60.7 Å². The standard InChI is InChI=1S/C23H18N2O2/c26-17-25(21-13-12-19-9-4-5-10-20(19)15-21)23-22(11-6-14-24-23)27-16-18-7-2-1-3-8-18/h1-15,17H,16H2. The first-order valence-corrected chi connectivity index (χ1v) is 8.70. The van der Waals surface area contributed by atoms with Gasteiger partial charge in [-0.15, -0.1) is 0 Å². The number of hydrogen-bond donors (Lipinski definition) is 0. The molecular weight excluding hydrogens is 336 g/mol. The van der Waals surface area contributed by atoms with Gasteiger partial charge in [-0.3, -0.25) is 9.69 Å². The van der Waals surface area contributed by atoms with Gasteiger partial charge in [-0.05, 0) is 40.6 Å². The zero-order valence-corrected chi connectivity index (χ0v) is 14.7. The molecule has 1 heterocycles. The van der Waals surface area contributed by atoms with E-state index >= 15 is 0 Å². The van der Waals surface area contributed by atoms with E-state index in [0.717, 1.165) is 28.4 Å². The lowest BCUT2D eigenvalue weighted by atomic mass is 10.1. The number of ether oxygens (including phenoxy) is 1. The Morgan fingerprint density at radius 2 is 1.63 bits per heavy atom. The fourth-order valence-corrected chi connectivity index (χ4v) is 2.97. The van der Waals surface area contributed by atoms with Gasteiger partial charge in [-0.2, -0.15) is 0 Å². The zero-order chi connectivity index (χ0) is 18.5. The van der Waals surface area contributed by atoms with Crippen LogP contribution in [-0.4, -0.2) is 11.4 Å². The van der Waals surface area contributed by atoms with Crippen LogP contribution in [0.25, 0.3) is 10.8 Å². The normalized spacial score (nSPS) is 10.5. The quantitative estimate of drug-likeness (QED) is 0.452. The maximum Gasteiger partial charge on any atom is 0.220 e. The molecule has 0 unspecified atom stereocenters. The third-order valence-electron chi connectivity index (χ3n) is 4.33. The minimum Gasteiger partial charge on any atom is -0.485 e. The van der Waals surface area contributed by atoms with E-state index in [-0.39, 0.29) is 0 Å². The Morgan fingerprint density at radius 3 is 2.44 bits per heavy atom. The van der Waals surface area contributed by atoms with Gasteiger partial charge in [0.25, 0.3) is 0 Å². The van der Waals surface area contributed by atoms with E-state index in [2.05, 4.69) is 4.98 Å². The average molecular weight is 354 g/mol. The Kier molecular flexibility index (Phi) is 4.79. The van der Waals surface area contributed by atoms with E-state index in [1.54, 1.807) is 12.3 Å². The first kappa shape index (κ1) is 16.8. The molecule has 0 atom stereocenters. The minimum absolute atomic E-state index is 0.407. The third kappa shape index (κ3) is 3.65. The summed E-state index contributed by atoms with van der Waals surface area (Å²) in [6.45, 7) is 0.407. The number of pyridine rings is 1. The highest BCUT2D eigenvalue weighted by Crippen LogP contribution is 2.32. The van der Waals surface area contributed by atoms with E-state index < -0.39 is 0 Å². The average Bonchev–Trinajstić information content (AvgIpc) is 2.74. The van der Waals surface area contributed by atoms with Crippen LogP contribution < -0.4 is 9.64 Å². The molecule has 4 rings (SSSR count). The van der Waals surface area contributed by atoms with Crippen molar-refractivity contribution in [2.45, 2.75) is 6.61 Å². The summed E-state index contributed by atoms with van der Waals surface area (Å²) in [4.78, 5) is 17.8. The molecule has 0 radical (unpaired) electrons. The molecule has 0 N–H and O–H groups in total. The molecule has 0 aliphatic heterocycles. The van der Waals surface area contributed by atoms with Crippen molar-refractivity contribution in [3.8, 4) is 5.75 Å². The number of carbonyl (C=O) groups is 1. The van der Waals surface area contributed by atoms with Crippen LogP contribution in [0.4, 0.5) is 11.5 Å². The second kappa shape index (κ2) is 7.70. The highest BCUT2D eigenvalue weighted by atomic mass is 16.5. The predicted octanol–water partition coefficient (Wildman–Crippen LogP) is 5.11. The van der Waals surface area contributed by atoms with Gasteiger partial charge in [-0.25, -0.2) is 4.98 Å². The summed E-state index contributed by atoms with van der Waals surface area (Å²) in [5.74, 6) is 1.03. The van der Waals surface area contributed by atoms with Crippen LogP contribution in [0.3, 0.4) is 0 Å². The van der Waals surface area contributed by atoms with Crippen molar-refractivity contribution in [2.24, 2.45) is 0 Å². The fraction of sp³-hybridized carbons (Fsp3) is 0.0435. The highest BCUT2D eigenvalue weighted by Gasteiger charge is 2.16. The number of benzene rings is 3. The smallest absolute Gasteiger partial charge is 0.220 e. The van der Waals surface area contributed by atoms with Crippen molar-refractivity contribution in [3.63, 3.8) is 0 Å². The molecule has 1 aromatic heterocycles. The molecule has 0 aliphatic rings. The van der Waals surface area contributed by atoms with E-state index in [4.69, 9.17) is 4.74 Å². The highest BCUT2D eigenvalue weighted by molar-refractivity contribution is 5.93. The summed E-state index contributed by atoms with van der Waals surface area (Å²) in [6, 6.07) is 27.4. The van der Waals surface area contributed by atoms with E-state index in [0.29, 0.717) is 18.2 Å². The molecule has 0 fully saturated rings. The molecule has 0 aliphatic carbocycles. The monoisotopic (exact) mass is 354 g/mol. The molecule has 4 aromatic rings. The molecule has 4 nitrogen and oxygen atoms in total. The summed E-state index contributed by atoms with van der Waals surface area (Å²) in [7, 11) is 0. The molecule has 3 aromatic carbocycles. The summed E-state index contributed by atoms with van der Waals surface area (Å²) < 4.78 is 5.95. The third-order valence-corrected chi connectivity index (χ3v) is 4.33. The fourth-order valence-electron chi connectivity index (χ4n) is 2.97. The number of aromatic nitrogens is 1. The molecule has 0 saturated heterocycles. The van der Waals surface area contributed by atoms with Gasteiger partial charge in [0.15, 0.2) is 11.6 Å². The van der Waals surface area contributed by atoms with Gasteiger partial charge in [0, 0.05) is 6.20 Å². The van der Waals surface area contributed by atoms with Gasteiger partial charge in [0.2, 0.25) is 6.41 Å². The number of carbonyl (C=O) groups excluding carboxylic acids is 1. The Labute approximate surface area is 157 Å². The lowest BCUT2D eigenvalue weighted by Crippen LogP contribution is -2.16. The topological polar surface area (TPSA) is 42.4 Å². The van der Waals surface area contributed by atoms with E-state index in [9.17, 15) is 4.79 Å². The summed E-state index contributed by atoms with van der Waals surface area (Å²) in [5.41, 5.74) is 1.79. The van der Waals surface area contributed by atoms with Crippen molar-refractivity contribution < 1.29 is 9.53 Å². The molecule has 4 heteroatoms. The molecule has 0 bridgehead atoms. The van der Waals surface area contributed by atoms with Crippen LogP contribution in [0.2, 0.25) is 0 Å². The Hall–Kier alpha value is -3.66. The maximum atomic E-state index is 11.9. The summed E-state index contributed by atoms with van der Waals surface area (Å²) in [6.07, 6.45) is 2.42. The number of anilines is 2.